The maximum Gasteiger partial charge on any atom is 0.245 e. The van der Waals surface area contributed by atoms with Gasteiger partial charge in [0, 0.05) is 26.1 Å². The number of ether oxygens (including phenoxy) is 1. The van der Waals surface area contributed by atoms with E-state index in [-0.39, 0.29) is 17.7 Å². The maximum absolute atomic E-state index is 12.5. The Bertz CT molecular complexity index is 500. The van der Waals surface area contributed by atoms with E-state index < -0.39 is 6.04 Å². The van der Waals surface area contributed by atoms with Crippen molar-refractivity contribution in [2.45, 2.75) is 33.4 Å². The Labute approximate surface area is 126 Å². The molecule has 1 N–H and O–H groups in total. The van der Waals surface area contributed by atoms with Crippen LogP contribution < -0.4 is 10.1 Å². The molecule has 0 saturated carbocycles. The van der Waals surface area contributed by atoms with Gasteiger partial charge in [0.1, 0.15) is 11.8 Å². The van der Waals surface area contributed by atoms with E-state index in [2.05, 4.69) is 5.32 Å². The highest BCUT2D eigenvalue weighted by atomic mass is 16.5. The number of carbonyl (C=O) groups excluding carboxylic acids is 2. The van der Waals surface area contributed by atoms with Crippen LogP contribution in [-0.2, 0) is 16.1 Å². The zero-order valence-electron chi connectivity index (χ0n) is 13.3. The molecule has 5 nitrogen and oxygen atoms in total. The molecule has 116 valence electrons. The topological polar surface area (TPSA) is 58.6 Å². The first-order chi connectivity index (χ1) is 9.86. The van der Waals surface area contributed by atoms with Gasteiger partial charge in [-0.15, -0.1) is 0 Å². The minimum Gasteiger partial charge on any atom is -0.496 e. The smallest absolute Gasteiger partial charge is 0.245 e. The first-order valence-corrected chi connectivity index (χ1v) is 7.00. The Morgan fingerprint density at radius 2 is 1.90 bits per heavy atom. The van der Waals surface area contributed by atoms with Gasteiger partial charge in [0.15, 0.2) is 0 Å². The highest BCUT2D eigenvalue weighted by Crippen LogP contribution is 2.19. The number of para-hydroxylation sites is 1. The lowest BCUT2D eigenvalue weighted by Crippen LogP contribution is -2.49. The molecule has 0 aromatic heterocycles. The van der Waals surface area contributed by atoms with Crippen molar-refractivity contribution in [2.24, 2.45) is 5.92 Å². The molecule has 0 bridgehead atoms. The lowest BCUT2D eigenvalue weighted by Gasteiger charge is -2.27. The molecular formula is C16H24N2O3. The number of hydrogen-bond acceptors (Lipinski definition) is 3. The highest BCUT2D eigenvalue weighted by Gasteiger charge is 2.26. The molecule has 0 aliphatic carbocycles. The monoisotopic (exact) mass is 292 g/mol. The molecule has 0 heterocycles. The summed E-state index contributed by atoms with van der Waals surface area (Å²) >= 11 is 0. The summed E-state index contributed by atoms with van der Waals surface area (Å²) in [6, 6.07) is 7.07. The van der Waals surface area contributed by atoms with Crippen molar-refractivity contribution in [1.82, 2.24) is 10.2 Å². The van der Waals surface area contributed by atoms with Crippen LogP contribution in [0.1, 0.15) is 26.3 Å². The van der Waals surface area contributed by atoms with Gasteiger partial charge in [-0.05, 0) is 12.0 Å². The van der Waals surface area contributed by atoms with Crippen LogP contribution in [0, 0.1) is 5.92 Å². The molecule has 2 amide bonds. The van der Waals surface area contributed by atoms with Crippen molar-refractivity contribution < 1.29 is 14.3 Å². The highest BCUT2D eigenvalue weighted by molar-refractivity contribution is 5.87. The van der Waals surface area contributed by atoms with E-state index in [0.29, 0.717) is 6.54 Å². The number of hydrogen-bond donors (Lipinski definition) is 1. The number of likely N-dealkylation sites (N-methyl/N-ethyl adjacent to an activating group) is 1. The number of methoxy groups -OCH3 is 1. The summed E-state index contributed by atoms with van der Waals surface area (Å²) in [6.45, 7) is 5.68. The number of nitrogens with one attached hydrogen (secondary N) is 1. The molecule has 0 unspecified atom stereocenters. The third-order valence-corrected chi connectivity index (χ3v) is 3.27. The Morgan fingerprint density at radius 3 is 2.43 bits per heavy atom. The minimum atomic E-state index is -0.512. The van der Waals surface area contributed by atoms with E-state index in [1.54, 1.807) is 19.1 Å². The average molecular weight is 292 g/mol. The fourth-order valence-electron chi connectivity index (χ4n) is 2.14. The molecule has 1 aromatic rings. The number of rotatable bonds is 6. The summed E-state index contributed by atoms with van der Waals surface area (Å²) < 4.78 is 5.29. The quantitative estimate of drug-likeness (QED) is 0.870. The summed E-state index contributed by atoms with van der Waals surface area (Å²) in [5, 5.41) is 2.71. The molecule has 1 rings (SSSR count). The second-order valence-corrected chi connectivity index (χ2v) is 5.43. The Morgan fingerprint density at radius 1 is 1.29 bits per heavy atom. The molecule has 0 aliphatic heterocycles. The van der Waals surface area contributed by atoms with Gasteiger partial charge >= 0.3 is 0 Å². The fourth-order valence-corrected chi connectivity index (χ4v) is 2.14. The Hall–Kier alpha value is -2.04. The summed E-state index contributed by atoms with van der Waals surface area (Å²) in [4.78, 5) is 25.3. The van der Waals surface area contributed by atoms with E-state index in [9.17, 15) is 9.59 Å². The third kappa shape index (κ3) is 4.77. The lowest BCUT2D eigenvalue weighted by molar-refractivity contribution is -0.136. The Kier molecular flexibility index (Phi) is 6.21. The molecule has 0 spiro atoms. The predicted octanol–water partition coefficient (Wildman–Crippen LogP) is 1.81. The molecule has 0 aliphatic rings. The number of amides is 2. The molecular weight excluding hydrogens is 268 g/mol. The number of benzene rings is 1. The van der Waals surface area contributed by atoms with Gasteiger partial charge < -0.3 is 15.0 Å². The van der Waals surface area contributed by atoms with Crippen molar-refractivity contribution in [3.8, 4) is 5.75 Å². The second-order valence-electron chi connectivity index (χ2n) is 5.43. The van der Waals surface area contributed by atoms with Crippen LogP contribution in [0.2, 0.25) is 0 Å². The van der Waals surface area contributed by atoms with Gasteiger partial charge in [-0.3, -0.25) is 9.59 Å². The van der Waals surface area contributed by atoms with E-state index in [1.165, 1.54) is 6.92 Å². The van der Waals surface area contributed by atoms with E-state index in [4.69, 9.17) is 4.74 Å². The van der Waals surface area contributed by atoms with Gasteiger partial charge in [0.05, 0.1) is 7.11 Å². The van der Waals surface area contributed by atoms with Crippen LogP contribution in [-0.4, -0.2) is 36.9 Å². The lowest BCUT2D eigenvalue weighted by atomic mass is 10.0. The predicted molar refractivity (Wildman–Crippen MR) is 81.9 cm³/mol. The normalized spacial score (nSPS) is 11.9. The number of carbonyl (C=O) groups is 2. The number of nitrogens with zero attached hydrogens (tertiary/aromatic N) is 1. The SMILES string of the molecule is COc1ccccc1CN(C)C(=O)[C@H](NC(C)=O)C(C)C. The van der Waals surface area contributed by atoms with Gasteiger partial charge in [0.25, 0.3) is 0 Å². The Balaban J connectivity index is 2.83. The molecule has 0 fully saturated rings. The molecule has 5 heteroatoms. The van der Waals surface area contributed by atoms with Crippen molar-refractivity contribution in [3.63, 3.8) is 0 Å². The van der Waals surface area contributed by atoms with Crippen LogP contribution in [0.4, 0.5) is 0 Å². The van der Waals surface area contributed by atoms with Crippen molar-refractivity contribution in [1.29, 1.82) is 0 Å². The zero-order valence-corrected chi connectivity index (χ0v) is 13.3. The van der Waals surface area contributed by atoms with Crippen LogP contribution in [0.25, 0.3) is 0 Å². The second kappa shape index (κ2) is 7.67. The standard InChI is InChI=1S/C16H24N2O3/c1-11(2)15(17-12(3)19)16(20)18(4)10-13-8-6-7-9-14(13)21-5/h6-9,11,15H,10H2,1-5H3,(H,17,19)/t15-/m1/s1. The van der Waals surface area contributed by atoms with Crippen LogP contribution in [0.5, 0.6) is 5.75 Å². The maximum atomic E-state index is 12.5. The van der Waals surface area contributed by atoms with E-state index in [1.807, 2.05) is 38.1 Å². The van der Waals surface area contributed by atoms with Gasteiger partial charge in [0.2, 0.25) is 11.8 Å². The fraction of sp³-hybridized carbons (Fsp3) is 0.500. The summed E-state index contributed by atoms with van der Waals surface area (Å²) in [5.41, 5.74) is 0.932. The van der Waals surface area contributed by atoms with Gasteiger partial charge in [-0.25, -0.2) is 0 Å². The largest absolute Gasteiger partial charge is 0.496 e. The minimum absolute atomic E-state index is 0.0292. The van der Waals surface area contributed by atoms with Crippen molar-refractivity contribution >= 4 is 11.8 Å². The third-order valence-electron chi connectivity index (χ3n) is 3.27. The summed E-state index contributed by atoms with van der Waals surface area (Å²) in [5.74, 6) is 0.471. The average Bonchev–Trinajstić information content (AvgIpc) is 2.44. The summed E-state index contributed by atoms with van der Waals surface area (Å²) in [6.07, 6.45) is 0. The van der Waals surface area contributed by atoms with Crippen molar-refractivity contribution in [3.05, 3.63) is 29.8 Å². The molecule has 0 radical (unpaired) electrons. The molecule has 1 atom stereocenters. The van der Waals surface area contributed by atoms with Crippen molar-refractivity contribution in [2.75, 3.05) is 14.2 Å². The van der Waals surface area contributed by atoms with Crippen LogP contribution >= 0.6 is 0 Å². The van der Waals surface area contributed by atoms with E-state index >= 15 is 0 Å². The molecule has 1 aromatic carbocycles. The zero-order chi connectivity index (χ0) is 16.0. The van der Waals surface area contributed by atoms with Gasteiger partial charge in [-0.2, -0.15) is 0 Å². The van der Waals surface area contributed by atoms with E-state index in [0.717, 1.165) is 11.3 Å². The van der Waals surface area contributed by atoms with Crippen LogP contribution in [0.3, 0.4) is 0 Å². The molecule has 21 heavy (non-hydrogen) atoms. The first-order valence-electron chi connectivity index (χ1n) is 7.00. The van der Waals surface area contributed by atoms with Gasteiger partial charge in [-0.1, -0.05) is 32.0 Å². The summed E-state index contributed by atoms with van der Waals surface area (Å²) in [7, 11) is 3.33. The first kappa shape index (κ1) is 17.0. The molecule has 0 saturated heterocycles. The van der Waals surface area contributed by atoms with Crippen LogP contribution in [0.15, 0.2) is 24.3 Å².